The van der Waals surface area contributed by atoms with Crippen molar-refractivity contribution >= 4 is 5.97 Å². The first-order chi connectivity index (χ1) is 27.5. The van der Waals surface area contributed by atoms with Crippen LogP contribution < -0.4 is 4.74 Å². The molecule has 4 aliphatic carbocycles. The van der Waals surface area contributed by atoms with E-state index in [1.165, 1.54) is 133 Å². The van der Waals surface area contributed by atoms with E-state index in [1.54, 1.807) is 0 Å². The molecule has 5 aliphatic rings. The van der Waals surface area contributed by atoms with E-state index in [4.69, 9.17) is 9.47 Å². The Bertz CT molecular complexity index is 1620. The Kier molecular flexibility index (Phi) is 13.9. The number of esters is 1. The lowest BCUT2D eigenvalue weighted by molar-refractivity contribution is -0.0952. The van der Waals surface area contributed by atoms with Crippen LogP contribution in [0.3, 0.4) is 0 Å². The summed E-state index contributed by atoms with van der Waals surface area (Å²) in [5, 5.41) is 12.2. The van der Waals surface area contributed by atoms with Crippen molar-refractivity contribution in [1.29, 1.82) is 0 Å². The molecular formula is C52H79NO4. The fraction of sp³-hybridized carbons (Fsp3) is 0.750. The van der Waals surface area contributed by atoms with Crippen LogP contribution in [0, 0.1) is 34.5 Å². The number of methoxy groups -OCH3 is 1. The number of benzene rings is 2. The highest BCUT2D eigenvalue weighted by molar-refractivity contribution is 5.91. The molecule has 2 aromatic rings. The Morgan fingerprint density at radius 2 is 1.49 bits per heavy atom. The lowest BCUT2D eigenvalue weighted by atomic mass is 9.54. The van der Waals surface area contributed by atoms with Gasteiger partial charge in [-0.15, -0.1) is 0 Å². The predicted octanol–water partition coefficient (Wildman–Crippen LogP) is 13.0. The number of hydrogen-bond acceptors (Lipinski definition) is 5. The van der Waals surface area contributed by atoms with Crippen molar-refractivity contribution in [2.45, 2.75) is 193 Å². The Hall–Kier alpha value is -2.37. The molecule has 2 spiro atoms. The third-order valence-electron chi connectivity index (χ3n) is 16.1. The number of carbonyl (C=O) groups is 1. The molecule has 4 fully saturated rings. The molecule has 2 aromatic carbocycles. The number of phenols is 1. The number of aryl methyl sites for hydroxylation is 1. The maximum atomic E-state index is 13.6. The van der Waals surface area contributed by atoms with Gasteiger partial charge in [0, 0.05) is 42.6 Å². The van der Waals surface area contributed by atoms with Crippen LogP contribution in [-0.2, 0) is 23.0 Å². The van der Waals surface area contributed by atoms with Crippen molar-refractivity contribution in [2.75, 3.05) is 20.2 Å². The molecule has 7 rings (SSSR count). The maximum Gasteiger partial charge on any atom is 0.343 e. The number of rotatable bonds is 22. The molecule has 2 bridgehead atoms. The molecular weight excluding hydrogens is 703 g/mol. The van der Waals surface area contributed by atoms with Crippen molar-refractivity contribution in [3.05, 3.63) is 58.7 Å². The zero-order valence-corrected chi connectivity index (χ0v) is 37.0. The highest BCUT2D eigenvalue weighted by Crippen LogP contribution is 2.72. The minimum absolute atomic E-state index is 0.131. The third kappa shape index (κ3) is 9.35. The van der Waals surface area contributed by atoms with Crippen LogP contribution in [-0.4, -0.2) is 48.3 Å². The second-order valence-corrected chi connectivity index (χ2v) is 21.1. The number of ether oxygens (including phenoxy) is 2. The fourth-order valence-electron chi connectivity index (χ4n) is 12.6. The molecule has 1 heterocycles. The van der Waals surface area contributed by atoms with E-state index >= 15 is 0 Å². The van der Waals surface area contributed by atoms with Gasteiger partial charge in [0.05, 0.1) is 11.7 Å². The summed E-state index contributed by atoms with van der Waals surface area (Å²) in [5.41, 5.74) is 4.41. The molecule has 7 atom stereocenters. The minimum atomic E-state index is -0.398. The number of unbranched alkanes of at least 4 members (excludes halogenated alkanes) is 14. The molecule has 57 heavy (non-hydrogen) atoms. The Balaban J connectivity index is 0.934. The smallest absolute Gasteiger partial charge is 0.343 e. The van der Waals surface area contributed by atoms with Gasteiger partial charge < -0.3 is 14.6 Å². The van der Waals surface area contributed by atoms with Gasteiger partial charge in [-0.05, 0) is 110 Å². The zero-order valence-electron chi connectivity index (χ0n) is 37.0. The van der Waals surface area contributed by atoms with Crippen LogP contribution in [0.25, 0.3) is 0 Å². The van der Waals surface area contributed by atoms with Gasteiger partial charge >= 0.3 is 5.97 Å². The van der Waals surface area contributed by atoms with Gasteiger partial charge in [-0.1, -0.05) is 143 Å². The van der Waals surface area contributed by atoms with Gasteiger partial charge in [0.25, 0.3) is 0 Å². The standard InChI is InChI=1S/C52H79NO4/c1-7-8-9-10-11-12-13-14-15-16-17-18-19-20-21-22-38-25-27-40(28-26-38)49(55)57-44-30-29-41-32-51-35-52(46(41)47(44)54)33-45(56-6)42(37(2)50(3,4)5)31-43(52)48(51)53(36-51)34-39-23-24-39/h25-30,37,39,42-43,45,48,54H,7-24,31-36H2,1-6H3. The van der Waals surface area contributed by atoms with Gasteiger partial charge in [0.15, 0.2) is 11.5 Å². The largest absolute Gasteiger partial charge is 0.504 e. The second kappa shape index (κ2) is 18.5. The maximum absolute atomic E-state index is 13.6. The van der Waals surface area contributed by atoms with E-state index in [0.717, 1.165) is 43.6 Å². The zero-order chi connectivity index (χ0) is 40.2. The second-order valence-electron chi connectivity index (χ2n) is 21.1. The number of hydrogen-bond donors (Lipinski definition) is 1. The van der Waals surface area contributed by atoms with Crippen LogP contribution in [0.5, 0.6) is 11.5 Å². The van der Waals surface area contributed by atoms with Gasteiger partial charge in [-0.2, -0.15) is 0 Å². The summed E-state index contributed by atoms with van der Waals surface area (Å²) in [7, 11) is 1.90. The molecule has 5 heteroatoms. The summed E-state index contributed by atoms with van der Waals surface area (Å²) in [6.07, 6.45) is 28.7. The first kappa shape index (κ1) is 42.7. The van der Waals surface area contributed by atoms with Crippen molar-refractivity contribution in [3.63, 3.8) is 0 Å². The molecule has 5 nitrogen and oxygen atoms in total. The third-order valence-corrected chi connectivity index (χ3v) is 16.1. The Labute approximate surface area is 347 Å². The summed E-state index contributed by atoms with van der Waals surface area (Å²) < 4.78 is 12.5. The van der Waals surface area contributed by atoms with Gasteiger partial charge in [0.2, 0.25) is 0 Å². The van der Waals surface area contributed by atoms with E-state index in [2.05, 4.69) is 57.7 Å². The quantitative estimate of drug-likeness (QED) is 0.0732. The molecule has 1 aliphatic heterocycles. The van der Waals surface area contributed by atoms with Gasteiger partial charge in [0.1, 0.15) is 0 Å². The van der Waals surface area contributed by atoms with Crippen molar-refractivity contribution in [3.8, 4) is 11.5 Å². The Morgan fingerprint density at radius 3 is 2.07 bits per heavy atom. The van der Waals surface area contributed by atoms with E-state index in [-0.39, 0.29) is 28.1 Å². The average molecular weight is 782 g/mol. The van der Waals surface area contributed by atoms with Crippen LogP contribution in [0.1, 0.15) is 190 Å². The molecule has 0 radical (unpaired) electrons. The first-order valence-corrected chi connectivity index (χ1v) is 23.9. The first-order valence-electron chi connectivity index (χ1n) is 23.9. The summed E-state index contributed by atoms with van der Waals surface area (Å²) >= 11 is 0. The number of phenolic OH excluding ortho intramolecular Hbond substituents is 1. The number of fused-ring (bicyclic) bond motifs is 2. The Morgan fingerprint density at radius 1 is 0.877 bits per heavy atom. The lowest BCUT2D eigenvalue weighted by Gasteiger charge is -2.57. The van der Waals surface area contributed by atoms with E-state index in [0.29, 0.717) is 35.1 Å². The summed E-state index contributed by atoms with van der Waals surface area (Å²) in [5.74, 6) is 2.41. The van der Waals surface area contributed by atoms with E-state index in [1.807, 2.05) is 25.3 Å². The number of nitrogens with zero attached hydrogens (tertiary/aromatic N) is 1. The predicted molar refractivity (Wildman–Crippen MR) is 234 cm³/mol. The molecule has 1 saturated heterocycles. The van der Waals surface area contributed by atoms with E-state index in [9.17, 15) is 9.90 Å². The molecule has 7 unspecified atom stereocenters. The summed E-state index contributed by atoms with van der Waals surface area (Å²) in [4.78, 5) is 16.4. The topological polar surface area (TPSA) is 59.0 Å². The van der Waals surface area contributed by atoms with E-state index < -0.39 is 5.97 Å². The molecule has 316 valence electrons. The molecule has 1 N–H and O–H groups in total. The fourth-order valence-corrected chi connectivity index (χ4v) is 12.6. The number of carbonyl (C=O) groups excluding carboxylic acids is 1. The van der Waals surface area contributed by atoms with Gasteiger partial charge in [-0.3, -0.25) is 4.90 Å². The van der Waals surface area contributed by atoms with Crippen LogP contribution in [0.15, 0.2) is 36.4 Å². The summed E-state index contributed by atoms with van der Waals surface area (Å²) in [6, 6.07) is 12.6. The van der Waals surface area contributed by atoms with Crippen LogP contribution in [0.2, 0.25) is 0 Å². The van der Waals surface area contributed by atoms with Crippen LogP contribution in [0.4, 0.5) is 0 Å². The summed E-state index contributed by atoms with van der Waals surface area (Å²) in [6.45, 7) is 14.3. The molecule has 0 amide bonds. The highest BCUT2D eigenvalue weighted by Gasteiger charge is 2.73. The highest BCUT2D eigenvalue weighted by atomic mass is 16.5. The van der Waals surface area contributed by atoms with Crippen molar-refractivity contribution in [1.82, 2.24) is 4.90 Å². The number of likely N-dealkylation sites (tertiary alicyclic amines) is 1. The normalized spacial score (nSPS) is 28.3. The van der Waals surface area contributed by atoms with Crippen molar-refractivity contribution < 1.29 is 19.4 Å². The lowest BCUT2D eigenvalue weighted by Crippen LogP contribution is -2.65. The minimum Gasteiger partial charge on any atom is -0.504 e. The SMILES string of the molecule is CCCCCCCCCCCCCCCCCc1ccc(C(=O)Oc2ccc3c(c2O)C24CC(OC)C(C(C)C(C)(C)C)CC2C2N(CC5CC5)CC2(C3)C4)cc1. The van der Waals surface area contributed by atoms with Gasteiger partial charge in [-0.25, -0.2) is 4.79 Å². The molecule has 3 saturated carbocycles. The molecule has 0 aromatic heterocycles. The number of aromatic hydroxyl groups is 1. The van der Waals surface area contributed by atoms with Crippen molar-refractivity contribution in [2.24, 2.45) is 34.5 Å². The monoisotopic (exact) mass is 782 g/mol. The van der Waals surface area contributed by atoms with Crippen LogP contribution >= 0.6 is 0 Å². The average Bonchev–Trinajstić information content (AvgIpc) is 3.99.